The molecule has 0 saturated heterocycles. The van der Waals surface area contributed by atoms with Crippen molar-refractivity contribution in [1.82, 2.24) is 5.32 Å². The number of benzene rings is 1. The standard InChI is InChI=1S/C17H22N2O/c18-12-15-7-9-16(10-8-15)13-19-17(20)11-14-5-3-1-2-4-6-14/h7-10,14H,1-6,11,13H2,(H,19,20). The van der Waals surface area contributed by atoms with Crippen LogP contribution >= 0.6 is 0 Å². The monoisotopic (exact) mass is 270 g/mol. The molecular weight excluding hydrogens is 248 g/mol. The van der Waals surface area contributed by atoms with Crippen molar-refractivity contribution in [3.05, 3.63) is 35.4 Å². The lowest BCUT2D eigenvalue weighted by Gasteiger charge is -2.13. The van der Waals surface area contributed by atoms with Crippen LogP contribution < -0.4 is 5.32 Å². The van der Waals surface area contributed by atoms with E-state index in [1.165, 1.54) is 38.5 Å². The van der Waals surface area contributed by atoms with Gasteiger partial charge in [-0.25, -0.2) is 0 Å². The zero-order valence-corrected chi connectivity index (χ0v) is 11.9. The number of nitrogens with one attached hydrogen (secondary N) is 1. The number of hydrogen-bond acceptors (Lipinski definition) is 2. The van der Waals surface area contributed by atoms with E-state index in [4.69, 9.17) is 5.26 Å². The summed E-state index contributed by atoms with van der Waals surface area (Å²) in [4.78, 5) is 12.0. The van der Waals surface area contributed by atoms with Gasteiger partial charge in [-0.1, -0.05) is 37.8 Å². The number of amides is 1. The van der Waals surface area contributed by atoms with Gasteiger partial charge in [0, 0.05) is 13.0 Å². The maximum atomic E-state index is 12.0. The molecular formula is C17H22N2O. The van der Waals surface area contributed by atoms with Gasteiger partial charge in [-0.15, -0.1) is 0 Å². The number of rotatable bonds is 4. The van der Waals surface area contributed by atoms with Gasteiger partial charge in [-0.05, 0) is 36.5 Å². The quantitative estimate of drug-likeness (QED) is 0.851. The second kappa shape index (κ2) is 7.69. The van der Waals surface area contributed by atoms with Gasteiger partial charge in [0.1, 0.15) is 0 Å². The summed E-state index contributed by atoms with van der Waals surface area (Å²) in [5.41, 5.74) is 1.69. The second-order valence-electron chi connectivity index (χ2n) is 5.65. The lowest BCUT2D eigenvalue weighted by molar-refractivity contribution is -0.122. The highest BCUT2D eigenvalue weighted by Gasteiger charge is 2.15. The minimum atomic E-state index is 0.154. The molecule has 1 aliphatic carbocycles. The minimum Gasteiger partial charge on any atom is -0.352 e. The summed E-state index contributed by atoms with van der Waals surface area (Å²) in [6, 6.07) is 9.45. The van der Waals surface area contributed by atoms with Gasteiger partial charge in [0.25, 0.3) is 0 Å². The first-order valence-corrected chi connectivity index (χ1v) is 7.53. The number of nitrogens with zero attached hydrogens (tertiary/aromatic N) is 1. The Kier molecular flexibility index (Phi) is 5.61. The maximum absolute atomic E-state index is 12.0. The predicted molar refractivity (Wildman–Crippen MR) is 78.8 cm³/mol. The fraction of sp³-hybridized carbons (Fsp3) is 0.529. The van der Waals surface area contributed by atoms with Crippen LogP contribution in [0.3, 0.4) is 0 Å². The molecule has 0 aliphatic heterocycles. The van der Waals surface area contributed by atoms with Crippen LogP contribution in [0.2, 0.25) is 0 Å². The van der Waals surface area contributed by atoms with Gasteiger partial charge < -0.3 is 5.32 Å². The molecule has 0 heterocycles. The smallest absolute Gasteiger partial charge is 0.220 e. The second-order valence-corrected chi connectivity index (χ2v) is 5.65. The Balaban J connectivity index is 1.75. The molecule has 20 heavy (non-hydrogen) atoms. The number of nitriles is 1. The summed E-state index contributed by atoms with van der Waals surface area (Å²) in [6.45, 7) is 0.553. The van der Waals surface area contributed by atoms with Crippen molar-refractivity contribution >= 4 is 5.91 Å². The first-order valence-electron chi connectivity index (χ1n) is 7.53. The van der Waals surface area contributed by atoms with E-state index < -0.39 is 0 Å². The van der Waals surface area contributed by atoms with E-state index in [0.29, 0.717) is 24.4 Å². The van der Waals surface area contributed by atoms with Crippen LogP contribution in [0.4, 0.5) is 0 Å². The van der Waals surface area contributed by atoms with Crippen molar-refractivity contribution < 1.29 is 4.79 Å². The van der Waals surface area contributed by atoms with Gasteiger partial charge in [0.05, 0.1) is 11.6 Å². The third kappa shape index (κ3) is 4.70. The van der Waals surface area contributed by atoms with Crippen molar-refractivity contribution in [2.24, 2.45) is 5.92 Å². The van der Waals surface area contributed by atoms with E-state index in [9.17, 15) is 4.79 Å². The minimum absolute atomic E-state index is 0.154. The molecule has 0 radical (unpaired) electrons. The highest BCUT2D eigenvalue weighted by Crippen LogP contribution is 2.25. The molecule has 0 unspecified atom stereocenters. The molecule has 2 rings (SSSR count). The number of hydrogen-bond donors (Lipinski definition) is 1. The van der Waals surface area contributed by atoms with Gasteiger partial charge >= 0.3 is 0 Å². The Morgan fingerprint density at radius 3 is 2.40 bits per heavy atom. The van der Waals surface area contributed by atoms with Crippen LogP contribution in [-0.2, 0) is 11.3 Å². The van der Waals surface area contributed by atoms with E-state index >= 15 is 0 Å². The summed E-state index contributed by atoms with van der Waals surface area (Å²) < 4.78 is 0. The molecule has 0 atom stereocenters. The molecule has 1 aromatic rings. The largest absolute Gasteiger partial charge is 0.352 e. The van der Waals surface area contributed by atoms with Gasteiger partial charge in [0.2, 0.25) is 5.91 Å². The Hall–Kier alpha value is -1.82. The molecule has 0 spiro atoms. The first-order chi connectivity index (χ1) is 9.78. The molecule has 106 valence electrons. The Labute approximate surface area is 121 Å². The van der Waals surface area contributed by atoms with Crippen LogP contribution in [-0.4, -0.2) is 5.91 Å². The molecule has 1 saturated carbocycles. The topological polar surface area (TPSA) is 52.9 Å². The number of carbonyl (C=O) groups is 1. The van der Waals surface area contributed by atoms with E-state index in [2.05, 4.69) is 11.4 Å². The van der Waals surface area contributed by atoms with Crippen LogP contribution in [0.5, 0.6) is 0 Å². The molecule has 0 bridgehead atoms. The van der Waals surface area contributed by atoms with Crippen molar-refractivity contribution in [3.63, 3.8) is 0 Å². The highest BCUT2D eigenvalue weighted by molar-refractivity contribution is 5.76. The van der Waals surface area contributed by atoms with E-state index in [0.717, 1.165) is 5.56 Å². The summed E-state index contributed by atoms with van der Waals surface area (Å²) in [5, 5.41) is 11.7. The molecule has 1 amide bonds. The van der Waals surface area contributed by atoms with Crippen LogP contribution in [0.25, 0.3) is 0 Å². The van der Waals surface area contributed by atoms with E-state index in [1.54, 1.807) is 12.1 Å². The molecule has 1 aromatic carbocycles. The third-order valence-electron chi connectivity index (χ3n) is 4.02. The van der Waals surface area contributed by atoms with E-state index in [-0.39, 0.29) is 5.91 Å². The van der Waals surface area contributed by atoms with Gasteiger partial charge in [0.15, 0.2) is 0 Å². The Morgan fingerprint density at radius 2 is 1.80 bits per heavy atom. The normalized spacial score (nSPS) is 16.1. The predicted octanol–water partition coefficient (Wildman–Crippen LogP) is 3.53. The fourth-order valence-electron chi connectivity index (χ4n) is 2.80. The molecule has 3 heteroatoms. The fourth-order valence-corrected chi connectivity index (χ4v) is 2.80. The molecule has 3 nitrogen and oxygen atoms in total. The van der Waals surface area contributed by atoms with Crippen molar-refractivity contribution in [1.29, 1.82) is 5.26 Å². The Bertz CT molecular complexity index is 465. The summed E-state index contributed by atoms with van der Waals surface area (Å²) in [7, 11) is 0. The highest BCUT2D eigenvalue weighted by atomic mass is 16.1. The Morgan fingerprint density at radius 1 is 1.15 bits per heavy atom. The molecule has 1 N–H and O–H groups in total. The van der Waals surface area contributed by atoms with Crippen LogP contribution in [0, 0.1) is 17.2 Å². The van der Waals surface area contributed by atoms with Crippen molar-refractivity contribution in [2.45, 2.75) is 51.5 Å². The van der Waals surface area contributed by atoms with Crippen molar-refractivity contribution in [2.75, 3.05) is 0 Å². The molecule has 0 aromatic heterocycles. The van der Waals surface area contributed by atoms with Crippen molar-refractivity contribution in [3.8, 4) is 6.07 Å². The zero-order valence-electron chi connectivity index (χ0n) is 11.9. The summed E-state index contributed by atoms with van der Waals surface area (Å²) in [5.74, 6) is 0.722. The first kappa shape index (κ1) is 14.6. The maximum Gasteiger partial charge on any atom is 0.220 e. The lowest BCUT2D eigenvalue weighted by atomic mass is 9.96. The van der Waals surface area contributed by atoms with Gasteiger partial charge in [-0.3, -0.25) is 4.79 Å². The third-order valence-corrected chi connectivity index (χ3v) is 4.02. The average molecular weight is 270 g/mol. The summed E-state index contributed by atoms with van der Waals surface area (Å²) in [6.07, 6.45) is 8.25. The summed E-state index contributed by atoms with van der Waals surface area (Å²) >= 11 is 0. The van der Waals surface area contributed by atoms with Crippen LogP contribution in [0.1, 0.15) is 56.1 Å². The lowest BCUT2D eigenvalue weighted by Crippen LogP contribution is -2.25. The van der Waals surface area contributed by atoms with Crippen LogP contribution in [0.15, 0.2) is 24.3 Å². The number of carbonyl (C=O) groups excluding carboxylic acids is 1. The van der Waals surface area contributed by atoms with Gasteiger partial charge in [-0.2, -0.15) is 5.26 Å². The molecule has 1 fully saturated rings. The zero-order chi connectivity index (χ0) is 14.2. The molecule has 1 aliphatic rings. The van der Waals surface area contributed by atoms with E-state index in [1.807, 2.05) is 12.1 Å². The average Bonchev–Trinajstić information content (AvgIpc) is 2.74. The SMILES string of the molecule is N#Cc1ccc(CNC(=O)CC2CCCCCC2)cc1.